The summed E-state index contributed by atoms with van der Waals surface area (Å²) in [5.74, 6) is 0. The van der Waals surface area contributed by atoms with Crippen LogP contribution in [0.4, 0.5) is 16.2 Å². The van der Waals surface area contributed by atoms with Gasteiger partial charge in [-0.05, 0) is 13.0 Å². The molecular formula is C10H13N3O3. The molecule has 0 fully saturated rings. The van der Waals surface area contributed by atoms with Gasteiger partial charge < -0.3 is 5.32 Å². The number of carbonyl (C=O) groups excluding carboxylic acids is 1. The van der Waals surface area contributed by atoms with E-state index in [1.807, 2.05) is 0 Å². The number of nitro benzene ring substituents is 1. The van der Waals surface area contributed by atoms with Crippen LogP contribution in [0.15, 0.2) is 18.2 Å². The van der Waals surface area contributed by atoms with Gasteiger partial charge in [0.2, 0.25) is 0 Å². The molecule has 86 valence electrons. The summed E-state index contributed by atoms with van der Waals surface area (Å²) in [6, 6.07) is 4.34. The minimum absolute atomic E-state index is 0.00764. The minimum atomic E-state index is -0.462. The second-order valence-electron chi connectivity index (χ2n) is 3.34. The molecule has 0 aliphatic carbocycles. The molecular weight excluding hydrogens is 210 g/mol. The van der Waals surface area contributed by atoms with E-state index in [-0.39, 0.29) is 11.7 Å². The van der Waals surface area contributed by atoms with Gasteiger partial charge in [-0.25, -0.2) is 4.79 Å². The van der Waals surface area contributed by atoms with Gasteiger partial charge in [0.1, 0.15) is 0 Å². The summed E-state index contributed by atoms with van der Waals surface area (Å²) in [7, 11) is 3.05. The third kappa shape index (κ3) is 2.28. The first kappa shape index (κ1) is 12.0. The minimum Gasteiger partial charge on any atom is -0.341 e. The van der Waals surface area contributed by atoms with Crippen LogP contribution in [0.3, 0.4) is 0 Å². The number of hydrogen-bond acceptors (Lipinski definition) is 3. The fourth-order valence-corrected chi connectivity index (χ4v) is 1.29. The number of nitro groups is 1. The summed E-state index contributed by atoms with van der Waals surface area (Å²) in [6.07, 6.45) is 0. The molecule has 0 aromatic heterocycles. The molecule has 1 N–H and O–H groups in total. The fraction of sp³-hybridized carbons (Fsp3) is 0.300. The summed E-state index contributed by atoms with van der Waals surface area (Å²) >= 11 is 0. The Morgan fingerprint density at radius 2 is 2.12 bits per heavy atom. The Bertz CT molecular complexity index is 431. The van der Waals surface area contributed by atoms with Crippen LogP contribution < -0.4 is 10.2 Å². The first-order chi connectivity index (χ1) is 7.47. The maximum Gasteiger partial charge on any atom is 0.321 e. The van der Waals surface area contributed by atoms with Crippen molar-refractivity contribution in [1.82, 2.24) is 5.32 Å². The monoisotopic (exact) mass is 223 g/mol. The van der Waals surface area contributed by atoms with E-state index in [1.54, 1.807) is 26.1 Å². The number of benzene rings is 1. The van der Waals surface area contributed by atoms with E-state index in [9.17, 15) is 14.9 Å². The van der Waals surface area contributed by atoms with Crippen molar-refractivity contribution in [2.45, 2.75) is 6.92 Å². The highest BCUT2D eigenvalue weighted by atomic mass is 16.6. The van der Waals surface area contributed by atoms with Gasteiger partial charge in [0.15, 0.2) is 0 Å². The number of carbonyl (C=O) groups is 1. The lowest BCUT2D eigenvalue weighted by molar-refractivity contribution is -0.385. The standard InChI is InChI=1S/C10H13N3O3/c1-7-4-5-8(6-9(7)13(15)16)12(3)10(14)11-2/h4-6H,1-3H3,(H,11,14). The maximum absolute atomic E-state index is 11.3. The van der Waals surface area contributed by atoms with Gasteiger partial charge in [0.05, 0.1) is 10.6 Å². The molecule has 0 bridgehead atoms. The van der Waals surface area contributed by atoms with Gasteiger partial charge >= 0.3 is 6.03 Å². The lowest BCUT2D eigenvalue weighted by Gasteiger charge is -2.16. The molecule has 0 atom stereocenters. The molecule has 0 unspecified atom stereocenters. The number of amides is 2. The van der Waals surface area contributed by atoms with Crippen molar-refractivity contribution in [2.75, 3.05) is 19.0 Å². The Morgan fingerprint density at radius 1 is 1.50 bits per heavy atom. The van der Waals surface area contributed by atoms with Crippen molar-refractivity contribution >= 4 is 17.4 Å². The van der Waals surface area contributed by atoms with Gasteiger partial charge in [0, 0.05) is 25.7 Å². The zero-order chi connectivity index (χ0) is 12.3. The topological polar surface area (TPSA) is 75.5 Å². The highest BCUT2D eigenvalue weighted by Crippen LogP contribution is 2.24. The summed E-state index contributed by atoms with van der Waals surface area (Å²) in [5.41, 5.74) is 1.06. The summed E-state index contributed by atoms with van der Waals surface area (Å²) in [6.45, 7) is 1.65. The van der Waals surface area contributed by atoms with E-state index < -0.39 is 4.92 Å². The number of rotatable bonds is 2. The van der Waals surface area contributed by atoms with E-state index in [4.69, 9.17) is 0 Å². The van der Waals surface area contributed by atoms with Crippen LogP contribution in [-0.4, -0.2) is 25.0 Å². The fourth-order valence-electron chi connectivity index (χ4n) is 1.29. The van der Waals surface area contributed by atoms with Crippen LogP contribution in [0, 0.1) is 17.0 Å². The molecule has 2 amide bonds. The average molecular weight is 223 g/mol. The largest absolute Gasteiger partial charge is 0.341 e. The predicted octanol–water partition coefficient (Wildman–Crippen LogP) is 1.68. The van der Waals surface area contributed by atoms with Crippen molar-refractivity contribution in [3.05, 3.63) is 33.9 Å². The predicted molar refractivity (Wildman–Crippen MR) is 60.7 cm³/mol. The SMILES string of the molecule is CNC(=O)N(C)c1ccc(C)c([N+](=O)[O-])c1. The van der Waals surface area contributed by atoms with Crippen LogP contribution in [0.5, 0.6) is 0 Å². The summed E-state index contributed by atoms with van der Waals surface area (Å²) in [4.78, 5) is 22.9. The molecule has 6 nitrogen and oxygen atoms in total. The van der Waals surface area contributed by atoms with Crippen molar-refractivity contribution in [2.24, 2.45) is 0 Å². The second-order valence-corrected chi connectivity index (χ2v) is 3.34. The Morgan fingerprint density at radius 3 is 2.62 bits per heavy atom. The van der Waals surface area contributed by atoms with E-state index in [2.05, 4.69) is 5.32 Å². The Labute approximate surface area is 93.0 Å². The second kappa shape index (κ2) is 4.61. The number of aryl methyl sites for hydroxylation is 1. The molecule has 1 rings (SSSR count). The molecule has 0 heterocycles. The molecule has 16 heavy (non-hydrogen) atoms. The molecule has 0 spiro atoms. The molecule has 6 heteroatoms. The molecule has 0 saturated carbocycles. The lowest BCUT2D eigenvalue weighted by atomic mass is 10.2. The third-order valence-corrected chi connectivity index (χ3v) is 2.30. The normalized spacial score (nSPS) is 9.69. The highest BCUT2D eigenvalue weighted by Gasteiger charge is 2.15. The average Bonchev–Trinajstić information content (AvgIpc) is 2.27. The zero-order valence-electron chi connectivity index (χ0n) is 9.35. The highest BCUT2D eigenvalue weighted by molar-refractivity contribution is 5.91. The number of urea groups is 1. The molecule has 1 aromatic rings. The smallest absolute Gasteiger partial charge is 0.321 e. The molecule has 0 aliphatic heterocycles. The Hall–Kier alpha value is -2.11. The van der Waals surface area contributed by atoms with Crippen LogP contribution in [-0.2, 0) is 0 Å². The number of anilines is 1. The maximum atomic E-state index is 11.3. The molecule has 0 saturated heterocycles. The third-order valence-electron chi connectivity index (χ3n) is 2.30. The molecule has 0 radical (unpaired) electrons. The molecule has 0 aliphatic rings. The van der Waals surface area contributed by atoms with Crippen LogP contribution >= 0.6 is 0 Å². The van der Waals surface area contributed by atoms with Gasteiger partial charge in [0.25, 0.3) is 5.69 Å². The lowest BCUT2D eigenvalue weighted by Crippen LogP contribution is -2.34. The van der Waals surface area contributed by atoms with Crippen molar-refractivity contribution in [1.29, 1.82) is 0 Å². The summed E-state index contributed by atoms with van der Waals surface area (Å²) < 4.78 is 0. The zero-order valence-corrected chi connectivity index (χ0v) is 9.35. The molecule has 1 aromatic carbocycles. The summed E-state index contributed by atoms with van der Waals surface area (Å²) in [5, 5.41) is 13.2. The van der Waals surface area contributed by atoms with Gasteiger partial charge in [-0.3, -0.25) is 15.0 Å². The van der Waals surface area contributed by atoms with E-state index in [1.165, 1.54) is 18.0 Å². The van der Waals surface area contributed by atoms with Crippen molar-refractivity contribution in [3.8, 4) is 0 Å². The van der Waals surface area contributed by atoms with E-state index in [0.717, 1.165) is 0 Å². The Balaban J connectivity index is 3.12. The number of hydrogen-bond donors (Lipinski definition) is 1. The van der Waals surface area contributed by atoms with E-state index in [0.29, 0.717) is 11.3 Å². The van der Waals surface area contributed by atoms with E-state index >= 15 is 0 Å². The Kier molecular flexibility index (Phi) is 3.44. The quantitative estimate of drug-likeness (QED) is 0.612. The first-order valence-electron chi connectivity index (χ1n) is 4.68. The van der Waals surface area contributed by atoms with Crippen LogP contribution in [0.1, 0.15) is 5.56 Å². The van der Waals surface area contributed by atoms with Crippen molar-refractivity contribution in [3.63, 3.8) is 0 Å². The number of nitrogens with zero attached hydrogens (tertiary/aromatic N) is 2. The first-order valence-corrected chi connectivity index (χ1v) is 4.68. The number of nitrogens with one attached hydrogen (secondary N) is 1. The van der Waals surface area contributed by atoms with Gasteiger partial charge in [-0.2, -0.15) is 0 Å². The van der Waals surface area contributed by atoms with Gasteiger partial charge in [-0.15, -0.1) is 0 Å². The van der Waals surface area contributed by atoms with Gasteiger partial charge in [-0.1, -0.05) is 6.07 Å². The van der Waals surface area contributed by atoms with Crippen LogP contribution in [0.2, 0.25) is 0 Å². The van der Waals surface area contributed by atoms with Crippen LogP contribution in [0.25, 0.3) is 0 Å². The van der Waals surface area contributed by atoms with Crippen molar-refractivity contribution < 1.29 is 9.72 Å².